The Labute approximate surface area is 130 Å². The van der Waals surface area contributed by atoms with Gasteiger partial charge in [0.15, 0.2) is 0 Å². The van der Waals surface area contributed by atoms with Crippen molar-refractivity contribution >= 4 is 17.2 Å². The third-order valence-electron chi connectivity index (χ3n) is 3.61. The van der Waals surface area contributed by atoms with E-state index in [1.165, 1.54) is 30.6 Å². The van der Waals surface area contributed by atoms with Crippen LogP contribution >= 0.6 is 11.3 Å². The van der Waals surface area contributed by atoms with Gasteiger partial charge in [0.05, 0.1) is 16.3 Å². The van der Waals surface area contributed by atoms with E-state index in [2.05, 4.69) is 22.1 Å². The minimum absolute atomic E-state index is 0.000841. The van der Waals surface area contributed by atoms with Crippen LogP contribution in [0.25, 0.3) is 0 Å². The molecule has 3 N–H and O–H groups in total. The maximum atomic E-state index is 12.1. The summed E-state index contributed by atoms with van der Waals surface area (Å²) in [6.45, 7) is 6.28. The highest BCUT2D eigenvalue weighted by atomic mass is 32.1. The Bertz CT molecular complexity index is 535. The van der Waals surface area contributed by atoms with E-state index in [1.54, 1.807) is 0 Å². The highest BCUT2D eigenvalue weighted by Gasteiger charge is 2.13. The lowest BCUT2D eigenvalue weighted by Crippen LogP contribution is -2.37. The van der Waals surface area contributed by atoms with Gasteiger partial charge in [-0.2, -0.15) is 0 Å². The normalized spacial score (nSPS) is 15.3. The lowest BCUT2D eigenvalue weighted by molar-refractivity contribution is 0.0950. The fraction of sp³-hybridized carbons (Fsp3) is 0.562. The molecule has 1 amide bonds. The summed E-state index contributed by atoms with van der Waals surface area (Å²) in [7, 11) is 0. The van der Waals surface area contributed by atoms with Crippen LogP contribution in [0, 0.1) is 18.8 Å². The van der Waals surface area contributed by atoms with Crippen molar-refractivity contribution < 1.29 is 4.79 Å². The summed E-state index contributed by atoms with van der Waals surface area (Å²) >= 11 is 1.44. The molecule has 0 aliphatic carbocycles. The molecule has 5 heteroatoms. The molecule has 0 radical (unpaired) electrons. The number of aryl methyl sites for hydroxylation is 1. The van der Waals surface area contributed by atoms with Gasteiger partial charge in [0.2, 0.25) is 0 Å². The van der Waals surface area contributed by atoms with Crippen molar-refractivity contribution in [3.8, 4) is 11.8 Å². The zero-order valence-corrected chi connectivity index (χ0v) is 13.4. The summed E-state index contributed by atoms with van der Waals surface area (Å²) < 4.78 is 0. The molecule has 0 saturated carbocycles. The molecule has 21 heavy (non-hydrogen) atoms. The number of thiophene rings is 1. The van der Waals surface area contributed by atoms with Crippen molar-refractivity contribution in [2.45, 2.75) is 26.2 Å². The minimum Gasteiger partial charge on any atom is -0.350 e. The predicted octanol–water partition coefficient (Wildman–Crippen LogP) is 1.58. The fourth-order valence-electron chi connectivity index (χ4n) is 2.45. The third-order valence-corrected chi connectivity index (χ3v) is 4.76. The number of piperidine rings is 1. The van der Waals surface area contributed by atoms with Crippen LogP contribution < -0.4 is 11.1 Å². The zero-order valence-electron chi connectivity index (χ0n) is 12.6. The lowest BCUT2D eigenvalue weighted by Gasteiger charge is -2.26. The van der Waals surface area contributed by atoms with Crippen LogP contribution in [0.15, 0.2) is 6.07 Å². The van der Waals surface area contributed by atoms with Gasteiger partial charge in [0, 0.05) is 13.1 Å². The van der Waals surface area contributed by atoms with Crippen LogP contribution in [0.3, 0.4) is 0 Å². The highest BCUT2D eigenvalue weighted by molar-refractivity contribution is 7.14. The molecule has 0 spiro atoms. The molecule has 2 rings (SSSR count). The first-order valence-electron chi connectivity index (χ1n) is 7.50. The molecule has 2 heterocycles. The van der Waals surface area contributed by atoms with Crippen molar-refractivity contribution in [3.63, 3.8) is 0 Å². The number of nitrogens with one attached hydrogen (secondary N) is 1. The molecule has 1 fully saturated rings. The summed E-state index contributed by atoms with van der Waals surface area (Å²) in [4.78, 5) is 16.2. The Morgan fingerprint density at radius 1 is 1.43 bits per heavy atom. The van der Waals surface area contributed by atoms with Crippen molar-refractivity contribution in [2.24, 2.45) is 5.73 Å². The van der Waals surface area contributed by atoms with Crippen molar-refractivity contribution in [3.05, 3.63) is 21.4 Å². The van der Waals surface area contributed by atoms with Gasteiger partial charge in [-0.3, -0.25) is 4.79 Å². The molecular formula is C16H23N3OS. The summed E-state index contributed by atoms with van der Waals surface area (Å²) in [5.74, 6) is 5.85. The summed E-state index contributed by atoms with van der Waals surface area (Å²) in [5, 5.41) is 3.00. The molecule has 1 aliphatic rings. The van der Waals surface area contributed by atoms with Gasteiger partial charge in [0.1, 0.15) is 0 Å². The smallest absolute Gasteiger partial charge is 0.261 e. The standard InChI is InChI=1S/C16H23N3OS/c1-13-12-15(21-14(13)6-5-7-17)16(20)18-8-11-19-9-3-2-4-10-19/h12H,2-4,7-11,17H2,1H3,(H,18,20). The van der Waals surface area contributed by atoms with Gasteiger partial charge in [-0.25, -0.2) is 0 Å². The molecule has 0 atom stereocenters. The SMILES string of the molecule is Cc1cc(C(=O)NCCN2CCCCC2)sc1C#CCN. The van der Waals surface area contributed by atoms with E-state index >= 15 is 0 Å². The second-order valence-corrected chi connectivity index (χ2v) is 6.34. The van der Waals surface area contributed by atoms with E-state index in [-0.39, 0.29) is 5.91 Å². The van der Waals surface area contributed by atoms with Gasteiger partial charge in [-0.1, -0.05) is 18.3 Å². The van der Waals surface area contributed by atoms with Crippen LogP contribution in [0.4, 0.5) is 0 Å². The van der Waals surface area contributed by atoms with Crippen molar-refractivity contribution in [1.82, 2.24) is 10.2 Å². The van der Waals surface area contributed by atoms with Gasteiger partial charge >= 0.3 is 0 Å². The van der Waals surface area contributed by atoms with Crippen LogP contribution in [-0.2, 0) is 0 Å². The third kappa shape index (κ3) is 4.85. The first-order chi connectivity index (χ1) is 10.2. The summed E-state index contributed by atoms with van der Waals surface area (Å²) in [5.41, 5.74) is 6.42. The Morgan fingerprint density at radius 3 is 2.90 bits per heavy atom. The number of likely N-dealkylation sites (tertiary alicyclic amines) is 1. The van der Waals surface area contributed by atoms with Gasteiger partial charge in [-0.15, -0.1) is 11.3 Å². The number of carbonyl (C=O) groups excluding carboxylic acids is 1. The van der Waals surface area contributed by atoms with Crippen LogP contribution in [-0.4, -0.2) is 43.5 Å². The van der Waals surface area contributed by atoms with E-state index in [9.17, 15) is 4.79 Å². The first-order valence-corrected chi connectivity index (χ1v) is 8.32. The molecule has 1 aliphatic heterocycles. The quantitative estimate of drug-likeness (QED) is 0.831. The number of nitrogens with zero attached hydrogens (tertiary/aromatic N) is 1. The molecule has 0 bridgehead atoms. The first kappa shape index (κ1) is 16.0. The second-order valence-electron chi connectivity index (χ2n) is 5.29. The van der Waals surface area contributed by atoms with Gasteiger partial charge < -0.3 is 16.0 Å². The zero-order chi connectivity index (χ0) is 15.1. The van der Waals surface area contributed by atoms with E-state index in [4.69, 9.17) is 5.73 Å². The maximum absolute atomic E-state index is 12.1. The minimum atomic E-state index is 0.000841. The maximum Gasteiger partial charge on any atom is 0.261 e. The van der Waals surface area contributed by atoms with E-state index < -0.39 is 0 Å². The molecule has 4 nitrogen and oxygen atoms in total. The molecule has 1 aromatic rings. The average molecular weight is 305 g/mol. The van der Waals surface area contributed by atoms with Crippen molar-refractivity contribution in [2.75, 3.05) is 32.7 Å². The number of carbonyl (C=O) groups is 1. The van der Waals surface area contributed by atoms with E-state index in [0.29, 0.717) is 13.1 Å². The van der Waals surface area contributed by atoms with Gasteiger partial charge in [0.25, 0.3) is 5.91 Å². The summed E-state index contributed by atoms with van der Waals surface area (Å²) in [6, 6.07) is 1.90. The Kier molecular flexibility index (Phi) is 6.24. The monoisotopic (exact) mass is 305 g/mol. The van der Waals surface area contributed by atoms with Crippen LogP contribution in [0.5, 0.6) is 0 Å². The summed E-state index contributed by atoms with van der Waals surface area (Å²) in [6.07, 6.45) is 3.90. The van der Waals surface area contributed by atoms with Crippen molar-refractivity contribution in [1.29, 1.82) is 0 Å². The average Bonchev–Trinajstić information content (AvgIpc) is 2.87. The largest absolute Gasteiger partial charge is 0.350 e. The van der Waals surface area contributed by atoms with Gasteiger partial charge in [-0.05, 0) is 44.5 Å². The molecule has 114 valence electrons. The Morgan fingerprint density at radius 2 is 2.19 bits per heavy atom. The number of rotatable bonds is 4. The number of hydrogen-bond donors (Lipinski definition) is 2. The van der Waals surface area contributed by atoms with Crippen LogP contribution in [0.1, 0.15) is 39.4 Å². The van der Waals surface area contributed by atoms with E-state index in [1.807, 2.05) is 13.0 Å². The van der Waals surface area contributed by atoms with Crippen LogP contribution in [0.2, 0.25) is 0 Å². The highest BCUT2D eigenvalue weighted by Crippen LogP contribution is 2.20. The number of nitrogens with two attached hydrogens (primary N) is 1. The number of hydrogen-bond acceptors (Lipinski definition) is 4. The molecular weight excluding hydrogens is 282 g/mol. The number of amides is 1. The Balaban J connectivity index is 1.82. The lowest BCUT2D eigenvalue weighted by atomic mass is 10.1. The van der Waals surface area contributed by atoms with E-state index in [0.717, 1.165) is 35.0 Å². The Hall–Kier alpha value is -1.35. The molecule has 0 unspecified atom stereocenters. The molecule has 1 saturated heterocycles. The molecule has 1 aromatic heterocycles. The molecule has 0 aromatic carbocycles. The fourth-order valence-corrected chi connectivity index (χ4v) is 3.41. The predicted molar refractivity (Wildman–Crippen MR) is 87.6 cm³/mol. The topological polar surface area (TPSA) is 58.4 Å². The second kappa shape index (κ2) is 8.18.